The molecule has 3 unspecified atom stereocenters. The van der Waals surface area contributed by atoms with Crippen LogP contribution in [0, 0.1) is 11.8 Å². The van der Waals surface area contributed by atoms with Crippen LogP contribution < -0.4 is 5.32 Å². The Balaban J connectivity index is 1.64. The van der Waals surface area contributed by atoms with Gasteiger partial charge < -0.3 is 10.2 Å². The molecule has 0 radical (unpaired) electrons. The molecule has 2 heterocycles. The normalized spacial score (nSPS) is 38.0. The van der Waals surface area contributed by atoms with Crippen LogP contribution in [0.3, 0.4) is 0 Å². The Labute approximate surface area is 120 Å². The Bertz CT molecular complexity index is 358. The van der Waals surface area contributed by atoms with Gasteiger partial charge in [-0.1, -0.05) is 20.3 Å². The van der Waals surface area contributed by atoms with Crippen molar-refractivity contribution in [2.45, 2.75) is 50.3 Å². The molecule has 1 saturated carbocycles. The summed E-state index contributed by atoms with van der Waals surface area (Å²) in [7, 11) is 0. The summed E-state index contributed by atoms with van der Waals surface area (Å²) in [6.07, 6.45) is 5.01. The molecule has 2 saturated heterocycles. The highest BCUT2D eigenvalue weighted by molar-refractivity contribution is 8.00. The summed E-state index contributed by atoms with van der Waals surface area (Å²) in [6.45, 7) is 7.53. The molecule has 3 fully saturated rings. The van der Waals surface area contributed by atoms with Crippen LogP contribution in [-0.4, -0.2) is 47.0 Å². The van der Waals surface area contributed by atoms with Crippen molar-refractivity contribution in [2.75, 3.05) is 25.4 Å². The van der Waals surface area contributed by atoms with Crippen molar-refractivity contribution in [3.63, 3.8) is 0 Å². The molecule has 2 aliphatic heterocycles. The van der Waals surface area contributed by atoms with Gasteiger partial charge in [0.2, 0.25) is 5.91 Å². The van der Waals surface area contributed by atoms with Gasteiger partial charge >= 0.3 is 0 Å². The number of rotatable bonds is 1. The van der Waals surface area contributed by atoms with Gasteiger partial charge in [-0.3, -0.25) is 4.79 Å². The largest absolute Gasteiger partial charge is 0.340 e. The van der Waals surface area contributed by atoms with E-state index in [1.807, 2.05) is 11.8 Å². The van der Waals surface area contributed by atoms with Gasteiger partial charge in [0.25, 0.3) is 0 Å². The maximum Gasteiger partial charge on any atom is 0.240 e. The first kappa shape index (κ1) is 13.7. The van der Waals surface area contributed by atoms with Crippen molar-refractivity contribution < 1.29 is 4.79 Å². The fraction of sp³-hybridized carbons (Fsp3) is 0.933. The van der Waals surface area contributed by atoms with E-state index < -0.39 is 0 Å². The van der Waals surface area contributed by atoms with E-state index in [1.54, 1.807) is 0 Å². The van der Waals surface area contributed by atoms with Gasteiger partial charge in [-0.25, -0.2) is 0 Å². The molecule has 1 aliphatic carbocycles. The molecule has 0 aromatic carbocycles. The van der Waals surface area contributed by atoms with Crippen molar-refractivity contribution >= 4 is 17.7 Å². The number of nitrogens with zero attached hydrogens (tertiary/aromatic N) is 1. The van der Waals surface area contributed by atoms with Crippen LogP contribution in [0.5, 0.6) is 0 Å². The topological polar surface area (TPSA) is 32.3 Å². The van der Waals surface area contributed by atoms with E-state index in [2.05, 4.69) is 24.1 Å². The second-order valence-electron chi connectivity index (χ2n) is 6.92. The van der Waals surface area contributed by atoms with E-state index >= 15 is 0 Å². The van der Waals surface area contributed by atoms with Gasteiger partial charge in [0.05, 0.1) is 6.04 Å². The molecular weight excluding hydrogens is 256 g/mol. The maximum atomic E-state index is 12.8. The summed E-state index contributed by atoms with van der Waals surface area (Å²) in [6, 6.07) is 0.124. The van der Waals surface area contributed by atoms with Crippen molar-refractivity contribution in [1.29, 1.82) is 0 Å². The van der Waals surface area contributed by atoms with Crippen molar-refractivity contribution in [3.05, 3.63) is 0 Å². The Morgan fingerprint density at radius 1 is 1.32 bits per heavy atom. The SMILES string of the molecule is CC1(C)CCN(C(=O)C2NCC3CCCC32)CCS1. The molecule has 1 amide bonds. The molecule has 0 aromatic rings. The van der Waals surface area contributed by atoms with E-state index in [0.717, 1.165) is 37.7 Å². The van der Waals surface area contributed by atoms with Crippen molar-refractivity contribution in [2.24, 2.45) is 11.8 Å². The minimum Gasteiger partial charge on any atom is -0.340 e. The summed E-state index contributed by atoms with van der Waals surface area (Å²) in [5.41, 5.74) is 0. The molecule has 0 bridgehead atoms. The third-order valence-electron chi connectivity index (χ3n) is 5.16. The highest BCUT2D eigenvalue weighted by Gasteiger charge is 2.44. The molecule has 3 aliphatic rings. The lowest BCUT2D eigenvalue weighted by Crippen LogP contribution is -2.47. The van der Waals surface area contributed by atoms with E-state index in [1.165, 1.54) is 19.3 Å². The van der Waals surface area contributed by atoms with Crippen LogP contribution in [-0.2, 0) is 4.79 Å². The smallest absolute Gasteiger partial charge is 0.240 e. The minimum absolute atomic E-state index is 0.124. The number of carbonyl (C=O) groups excluding carboxylic acids is 1. The standard InChI is InChI=1S/C15H26N2OS/c1-15(2)6-7-17(8-9-19-15)14(18)13-12-5-3-4-11(12)10-16-13/h11-13,16H,3-10H2,1-2H3. The Kier molecular flexibility index (Phi) is 3.82. The lowest BCUT2D eigenvalue weighted by molar-refractivity contribution is -0.134. The van der Waals surface area contributed by atoms with Crippen LogP contribution in [0.25, 0.3) is 0 Å². The Hall–Kier alpha value is -0.220. The number of carbonyl (C=O) groups is 1. The van der Waals surface area contributed by atoms with E-state index in [0.29, 0.717) is 16.6 Å². The molecule has 0 aromatic heterocycles. The zero-order valence-corrected chi connectivity index (χ0v) is 13.0. The zero-order chi connectivity index (χ0) is 13.5. The van der Waals surface area contributed by atoms with Gasteiger partial charge in [-0.2, -0.15) is 11.8 Å². The molecule has 3 rings (SSSR count). The highest BCUT2D eigenvalue weighted by atomic mass is 32.2. The number of fused-ring (bicyclic) bond motifs is 1. The van der Waals surface area contributed by atoms with Crippen molar-refractivity contribution in [1.82, 2.24) is 10.2 Å². The first-order valence-electron chi connectivity index (χ1n) is 7.73. The zero-order valence-electron chi connectivity index (χ0n) is 12.2. The summed E-state index contributed by atoms with van der Waals surface area (Å²) < 4.78 is 0.327. The predicted octanol–water partition coefficient (Wildman–Crippen LogP) is 2.12. The fourth-order valence-corrected chi connectivity index (χ4v) is 5.00. The third kappa shape index (κ3) is 2.80. The van der Waals surface area contributed by atoms with Crippen LogP contribution in [0.4, 0.5) is 0 Å². The van der Waals surface area contributed by atoms with Gasteiger partial charge in [0, 0.05) is 23.6 Å². The monoisotopic (exact) mass is 282 g/mol. The van der Waals surface area contributed by atoms with E-state index in [4.69, 9.17) is 0 Å². The maximum absolute atomic E-state index is 12.8. The second-order valence-corrected chi connectivity index (χ2v) is 8.73. The number of thioether (sulfide) groups is 1. The highest BCUT2D eigenvalue weighted by Crippen LogP contribution is 2.38. The number of hydrogen-bond acceptors (Lipinski definition) is 3. The minimum atomic E-state index is 0.124. The van der Waals surface area contributed by atoms with Crippen LogP contribution >= 0.6 is 11.8 Å². The molecule has 3 atom stereocenters. The quantitative estimate of drug-likeness (QED) is 0.799. The van der Waals surface area contributed by atoms with Crippen LogP contribution in [0.15, 0.2) is 0 Å². The molecule has 4 heteroatoms. The van der Waals surface area contributed by atoms with Crippen LogP contribution in [0.1, 0.15) is 39.5 Å². The molecule has 108 valence electrons. The molecule has 0 spiro atoms. The van der Waals surface area contributed by atoms with E-state index in [-0.39, 0.29) is 6.04 Å². The molecular formula is C15H26N2OS. The first-order valence-corrected chi connectivity index (χ1v) is 8.71. The van der Waals surface area contributed by atoms with Crippen molar-refractivity contribution in [3.8, 4) is 0 Å². The van der Waals surface area contributed by atoms with Gasteiger partial charge in [-0.05, 0) is 37.6 Å². The Morgan fingerprint density at radius 2 is 2.16 bits per heavy atom. The number of hydrogen-bond donors (Lipinski definition) is 1. The number of nitrogens with one attached hydrogen (secondary N) is 1. The molecule has 1 N–H and O–H groups in total. The third-order valence-corrected chi connectivity index (χ3v) is 6.53. The summed E-state index contributed by atoms with van der Waals surface area (Å²) in [4.78, 5) is 14.9. The van der Waals surface area contributed by atoms with Gasteiger partial charge in [0.1, 0.15) is 0 Å². The lowest BCUT2D eigenvalue weighted by atomic mass is 9.93. The second kappa shape index (κ2) is 5.28. The predicted molar refractivity (Wildman–Crippen MR) is 80.4 cm³/mol. The van der Waals surface area contributed by atoms with Gasteiger partial charge in [0.15, 0.2) is 0 Å². The average Bonchev–Trinajstić information content (AvgIpc) is 2.90. The summed E-state index contributed by atoms with van der Waals surface area (Å²) in [5, 5.41) is 3.50. The first-order chi connectivity index (χ1) is 9.07. The summed E-state index contributed by atoms with van der Waals surface area (Å²) in [5.74, 6) is 2.86. The molecule has 19 heavy (non-hydrogen) atoms. The lowest BCUT2D eigenvalue weighted by Gasteiger charge is -2.27. The van der Waals surface area contributed by atoms with E-state index in [9.17, 15) is 4.79 Å². The summed E-state index contributed by atoms with van der Waals surface area (Å²) >= 11 is 2.01. The van der Waals surface area contributed by atoms with Gasteiger partial charge in [-0.15, -0.1) is 0 Å². The fourth-order valence-electron chi connectivity index (χ4n) is 3.90. The Morgan fingerprint density at radius 3 is 3.00 bits per heavy atom. The number of amides is 1. The average molecular weight is 282 g/mol. The molecule has 3 nitrogen and oxygen atoms in total. The van der Waals surface area contributed by atoms with Crippen LogP contribution in [0.2, 0.25) is 0 Å².